The molecule has 0 atom stereocenters. The zero-order valence-corrected chi connectivity index (χ0v) is 18.6. The molecular formula is C28H27F5. The molecule has 0 spiro atoms. The van der Waals surface area contributed by atoms with E-state index >= 15 is 0 Å². The van der Waals surface area contributed by atoms with Gasteiger partial charge in [0.2, 0.25) is 0 Å². The molecule has 1 aliphatic rings. The molecule has 3 aromatic rings. The number of rotatable bonds is 6. The van der Waals surface area contributed by atoms with Gasteiger partial charge in [0.25, 0.3) is 0 Å². The summed E-state index contributed by atoms with van der Waals surface area (Å²) < 4.78 is 69.4. The Hall–Kier alpha value is -2.69. The Kier molecular flexibility index (Phi) is 7.16. The normalized spacial score (nSPS) is 18.5. The number of hydrogen-bond donors (Lipinski definition) is 0. The molecule has 0 N–H and O–H groups in total. The lowest BCUT2D eigenvalue weighted by Crippen LogP contribution is -2.12. The zero-order valence-electron chi connectivity index (χ0n) is 18.6. The molecule has 0 amide bonds. The molecule has 0 nitrogen and oxygen atoms in total. The van der Waals surface area contributed by atoms with E-state index in [0.29, 0.717) is 11.5 Å². The highest BCUT2D eigenvalue weighted by atomic mass is 19.2. The quantitative estimate of drug-likeness (QED) is 0.257. The fourth-order valence-electron chi connectivity index (χ4n) is 4.88. The van der Waals surface area contributed by atoms with E-state index in [1.54, 1.807) is 0 Å². The van der Waals surface area contributed by atoms with Crippen molar-refractivity contribution in [2.45, 2.75) is 57.8 Å². The molecule has 0 unspecified atom stereocenters. The molecule has 0 aliphatic heterocycles. The Morgan fingerprint density at radius 1 is 0.697 bits per heavy atom. The highest BCUT2D eigenvalue weighted by Gasteiger charge is 2.22. The van der Waals surface area contributed by atoms with E-state index in [4.69, 9.17) is 0 Å². The predicted octanol–water partition coefficient (Wildman–Crippen LogP) is 8.52. The molecule has 5 heteroatoms. The van der Waals surface area contributed by atoms with Gasteiger partial charge in [-0.2, -0.15) is 0 Å². The van der Waals surface area contributed by atoms with Gasteiger partial charge in [-0.3, -0.25) is 0 Å². The van der Waals surface area contributed by atoms with Crippen molar-refractivity contribution in [1.82, 2.24) is 0 Å². The summed E-state index contributed by atoms with van der Waals surface area (Å²) in [6.45, 7) is 2.24. The standard InChI is InChI=1S/C28H27F5/c1-2-17-3-6-19(7-4-17)20-9-11-21(12-10-20)23-14-13-22(26(31)27(23)32)8-5-18-15-24(29)28(33)25(30)16-18/h9-17,19H,2-8H2,1H3. The summed E-state index contributed by atoms with van der Waals surface area (Å²) in [6, 6.07) is 12.5. The zero-order chi connectivity index (χ0) is 23.5. The summed E-state index contributed by atoms with van der Waals surface area (Å²) in [5.74, 6) is -4.72. The van der Waals surface area contributed by atoms with Crippen molar-refractivity contribution in [3.05, 3.63) is 94.3 Å². The summed E-state index contributed by atoms with van der Waals surface area (Å²) in [5.41, 5.74) is 2.30. The molecule has 0 aromatic heterocycles. The van der Waals surface area contributed by atoms with Crippen molar-refractivity contribution >= 4 is 0 Å². The molecule has 3 aromatic carbocycles. The van der Waals surface area contributed by atoms with Crippen LogP contribution in [-0.2, 0) is 12.8 Å². The van der Waals surface area contributed by atoms with Gasteiger partial charge in [-0.25, -0.2) is 22.0 Å². The molecule has 0 saturated heterocycles. The van der Waals surface area contributed by atoms with Crippen LogP contribution in [0.2, 0.25) is 0 Å². The van der Waals surface area contributed by atoms with Gasteiger partial charge >= 0.3 is 0 Å². The van der Waals surface area contributed by atoms with Crippen LogP contribution < -0.4 is 0 Å². The van der Waals surface area contributed by atoms with Crippen molar-refractivity contribution in [1.29, 1.82) is 0 Å². The van der Waals surface area contributed by atoms with Crippen molar-refractivity contribution < 1.29 is 22.0 Å². The second-order valence-electron chi connectivity index (χ2n) is 9.02. The smallest absolute Gasteiger partial charge is 0.194 e. The van der Waals surface area contributed by atoms with Gasteiger partial charge in [-0.15, -0.1) is 0 Å². The third-order valence-corrected chi connectivity index (χ3v) is 7.01. The summed E-state index contributed by atoms with van der Waals surface area (Å²) in [4.78, 5) is 0. The molecule has 1 fully saturated rings. The molecule has 33 heavy (non-hydrogen) atoms. The monoisotopic (exact) mass is 458 g/mol. The van der Waals surface area contributed by atoms with Crippen molar-refractivity contribution in [2.24, 2.45) is 5.92 Å². The average molecular weight is 459 g/mol. The molecule has 1 saturated carbocycles. The van der Waals surface area contributed by atoms with Crippen molar-refractivity contribution in [3.63, 3.8) is 0 Å². The van der Waals surface area contributed by atoms with Gasteiger partial charge in [-0.1, -0.05) is 49.7 Å². The first-order valence-corrected chi connectivity index (χ1v) is 11.6. The highest BCUT2D eigenvalue weighted by Crippen LogP contribution is 2.38. The van der Waals surface area contributed by atoms with Crippen molar-refractivity contribution in [2.75, 3.05) is 0 Å². The van der Waals surface area contributed by atoms with Gasteiger partial charge in [0.15, 0.2) is 29.1 Å². The molecule has 1 aliphatic carbocycles. The van der Waals surface area contributed by atoms with E-state index < -0.39 is 29.1 Å². The molecule has 0 radical (unpaired) electrons. The first kappa shape index (κ1) is 23.5. The largest absolute Gasteiger partial charge is 0.204 e. The van der Waals surface area contributed by atoms with Gasteiger partial charge in [0, 0.05) is 5.56 Å². The minimum absolute atomic E-state index is 0.0346. The van der Waals surface area contributed by atoms with Crippen molar-refractivity contribution in [3.8, 4) is 11.1 Å². The Morgan fingerprint density at radius 3 is 1.94 bits per heavy atom. The number of benzene rings is 3. The predicted molar refractivity (Wildman–Crippen MR) is 121 cm³/mol. The first-order valence-electron chi connectivity index (χ1n) is 11.6. The Morgan fingerprint density at radius 2 is 1.33 bits per heavy atom. The maximum absolute atomic E-state index is 14.8. The van der Waals surface area contributed by atoms with E-state index in [2.05, 4.69) is 6.92 Å². The maximum atomic E-state index is 14.8. The summed E-state index contributed by atoms with van der Waals surface area (Å²) in [5, 5.41) is 0. The van der Waals surface area contributed by atoms with Crippen LogP contribution in [0.25, 0.3) is 11.1 Å². The average Bonchev–Trinajstić information content (AvgIpc) is 2.83. The first-order chi connectivity index (χ1) is 15.9. The third kappa shape index (κ3) is 5.13. The van der Waals surface area contributed by atoms with E-state index in [9.17, 15) is 22.0 Å². The van der Waals surface area contributed by atoms with E-state index in [-0.39, 0.29) is 29.5 Å². The summed E-state index contributed by atoms with van der Waals surface area (Å²) in [6.07, 6.45) is 6.12. The lowest BCUT2D eigenvalue weighted by molar-refractivity contribution is 0.319. The van der Waals surface area contributed by atoms with Crippen LogP contribution in [0, 0.1) is 35.0 Å². The fraction of sp³-hybridized carbons (Fsp3) is 0.357. The van der Waals surface area contributed by atoms with Gasteiger partial charge in [-0.05, 0) is 84.7 Å². The Bertz CT molecular complexity index is 1090. The minimum Gasteiger partial charge on any atom is -0.204 e. The van der Waals surface area contributed by atoms with Crippen LogP contribution >= 0.6 is 0 Å². The van der Waals surface area contributed by atoms with E-state index in [1.165, 1.54) is 37.0 Å². The fourth-order valence-corrected chi connectivity index (χ4v) is 4.88. The molecule has 174 valence electrons. The van der Waals surface area contributed by atoms with Crippen LogP contribution in [0.4, 0.5) is 22.0 Å². The lowest BCUT2D eigenvalue weighted by Gasteiger charge is -2.28. The summed E-state index contributed by atoms with van der Waals surface area (Å²) in [7, 11) is 0. The SMILES string of the molecule is CCC1CCC(c2ccc(-c3ccc(CCc4cc(F)c(F)c(F)c4)c(F)c3F)cc2)CC1. The van der Waals surface area contributed by atoms with Crippen LogP contribution in [-0.4, -0.2) is 0 Å². The molecular weight excluding hydrogens is 431 g/mol. The van der Waals surface area contributed by atoms with Crippen LogP contribution in [0.3, 0.4) is 0 Å². The van der Waals surface area contributed by atoms with Gasteiger partial charge in [0.05, 0.1) is 0 Å². The highest BCUT2D eigenvalue weighted by molar-refractivity contribution is 5.65. The topological polar surface area (TPSA) is 0 Å². The van der Waals surface area contributed by atoms with Crippen LogP contribution in [0.15, 0.2) is 48.5 Å². The molecule has 0 bridgehead atoms. The van der Waals surface area contributed by atoms with Gasteiger partial charge in [0.1, 0.15) is 0 Å². The van der Waals surface area contributed by atoms with E-state index in [1.807, 2.05) is 24.3 Å². The van der Waals surface area contributed by atoms with E-state index in [0.717, 1.165) is 30.9 Å². The summed E-state index contributed by atoms with van der Waals surface area (Å²) >= 11 is 0. The van der Waals surface area contributed by atoms with Crippen LogP contribution in [0.1, 0.15) is 61.6 Å². The maximum Gasteiger partial charge on any atom is 0.194 e. The second kappa shape index (κ2) is 10.1. The molecule has 4 rings (SSSR count). The lowest BCUT2D eigenvalue weighted by atomic mass is 9.77. The van der Waals surface area contributed by atoms with Crippen LogP contribution in [0.5, 0.6) is 0 Å². The minimum atomic E-state index is -1.54. The number of halogens is 5. The number of aryl methyl sites for hydroxylation is 2. The Labute approximate surface area is 191 Å². The Balaban J connectivity index is 1.47. The van der Waals surface area contributed by atoms with Gasteiger partial charge < -0.3 is 0 Å². The molecule has 0 heterocycles. The third-order valence-electron chi connectivity index (χ3n) is 7.01. The number of hydrogen-bond acceptors (Lipinski definition) is 0. The second-order valence-corrected chi connectivity index (χ2v) is 9.02.